The molecule has 0 saturated heterocycles. The second-order valence-electron chi connectivity index (χ2n) is 2.44. The summed E-state index contributed by atoms with van der Waals surface area (Å²) in [5, 5.41) is 1.29. The largest absolute Gasteiger partial charge is 0.236 e. The number of rotatable bonds is 0. The van der Waals surface area contributed by atoms with Gasteiger partial charge in [0.15, 0.2) is 0 Å². The molecule has 0 bridgehead atoms. The van der Waals surface area contributed by atoms with E-state index < -0.39 is 0 Å². The summed E-state index contributed by atoms with van der Waals surface area (Å²) in [6, 6.07) is 5.35. The molecule has 2 aromatic rings. The summed E-state index contributed by atoms with van der Waals surface area (Å²) in [4.78, 5) is 7.88. The van der Waals surface area contributed by atoms with E-state index in [0.29, 0.717) is 10.6 Å². The van der Waals surface area contributed by atoms with Crippen LogP contribution in [0.5, 0.6) is 0 Å². The van der Waals surface area contributed by atoms with Gasteiger partial charge in [0, 0.05) is 5.39 Å². The summed E-state index contributed by atoms with van der Waals surface area (Å²) in [5.41, 5.74) is 1.45. The Balaban J connectivity index is 2.86. The van der Waals surface area contributed by atoms with Crippen LogP contribution in [0, 0.1) is 0 Å². The third-order valence-corrected chi connectivity index (χ3v) is 1.91. The van der Waals surface area contributed by atoms with Crippen molar-refractivity contribution in [2.24, 2.45) is 0 Å². The fraction of sp³-hybridized carbons (Fsp3) is 0. The molecule has 2 rings (SSSR count). The Hall–Kier alpha value is -1.09. The van der Waals surface area contributed by atoms with Gasteiger partial charge in [-0.2, -0.15) is 0 Å². The minimum absolute atomic E-state index is 0.458. The fourth-order valence-electron chi connectivity index (χ4n) is 1.04. The van der Waals surface area contributed by atoms with E-state index in [-0.39, 0.29) is 0 Å². The lowest BCUT2D eigenvalue weighted by Gasteiger charge is -1.98. The number of fused-ring (bicyclic) bond motifs is 1. The maximum atomic E-state index is 5.82. The first-order valence-corrected chi connectivity index (χ1v) is 3.81. The van der Waals surface area contributed by atoms with Gasteiger partial charge < -0.3 is 0 Å². The van der Waals surface area contributed by atoms with E-state index in [0.717, 1.165) is 10.9 Å². The zero-order chi connectivity index (χ0) is 8.55. The molecule has 4 heteroatoms. The average Bonchev–Trinajstić information content (AvgIpc) is 2.04. The summed E-state index contributed by atoms with van der Waals surface area (Å²) in [7, 11) is 5.57. The van der Waals surface area contributed by atoms with Crippen LogP contribution in [0.3, 0.4) is 0 Å². The smallest absolute Gasteiger partial charge is 0.140 e. The van der Waals surface area contributed by atoms with Crippen molar-refractivity contribution in [3.63, 3.8) is 0 Å². The van der Waals surface area contributed by atoms with Crippen molar-refractivity contribution < 1.29 is 0 Å². The van der Waals surface area contributed by atoms with E-state index in [1.165, 1.54) is 6.33 Å². The molecule has 0 aliphatic carbocycles. The van der Waals surface area contributed by atoms with Crippen LogP contribution in [0.25, 0.3) is 10.9 Å². The van der Waals surface area contributed by atoms with Crippen molar-refractivity contribution in [3.8, 4) is 0 Å². The molecule has 2 radical (unpaired) electrons. The predicted molar refractivity (Wildman–Crippen MR) is 49.9 cm³/mol. The highest BCUT2D eigenvalue weighted by atomic mass is 35.5. The maximum Gasteiger partial charge on any atom is 0.140 e. The number of halogens is 1. The lowest BCUT2D eigenvalue weighted by atomic mass is 9.95. The molecule has 1 aromatic heterocycles. The van der Waals surface area contributed by atoms with Gasteiger partial charge in [0.25, 0.3) is 0 Å². The van der Waals surface area contributed by atoms with E-state index in [1.807, 2.05) is 6.07 Å². The van der Waals surface area contributed by atoms with Gasteiger partial charge in [-0.3, -0.25) is 0 Å². The Morgan fingerprint density at radius 2 is 2.08 bits per heavy atom. The second-order valence-corrected chi connectivity index (χ2v) is 2.80. The lowest BCUT2D eigenvalue weighted by Crippen LogP contribution is -2.00. The fourth-order valence-corrected chi connectivity index (χ4v) is 1.24. The highest BCUT2D eigenvalue weighted by Crippen LogP contribution is 2.16. The molecule has 1 heterocycles. The van der Waals surface area contributed by atoms with Crippen molar-refractivity contribution in [2.45, 2.75) is 0 Å². The summed E-state index contributed by atoms with van der Waals surface area (Å²) in [5.74, 6) is 0. The average molecular weight is 174 g/mol. The van der Waals surface area contributed by atoms with Gasteiger partial charge >= 0.3 is 0 Å². The van der Waals surface area contributed by atoms with Crippen LogP contribution in [0.2, 0.25) is 5.15 Å². The first-order valence-electron chi connectivity index (χ1n) is 3.43. The molecule has 0 saturated carbocycles. The van der Waals surface area contributed by atoms with E-state index in [4.69, 9.17) is 19.4 Å². The Labute approximate surface area is 76.0 Å². The van der Waals surface area contributed by atoms with Crippen molar-refractivity contribution in [1.82, 2.24) is 9.97 Å². The normalized spacial score (nSPS) is 10.4. The van der Waals surface area contributed by atoms with Crippen molar-refractivity contribution >= 4 is 35.8 Å². The molecule has 0 unspecified atom stereocenters. The van der Waals surface area contributed by atoms with E-state index in [9.17, 15) is 0 Å². The topological polar surface area (TPSA) is 25.8 Å². The maximum absolute atomic E-state index is 5.82. The molecule has 0 spiro atoms. The minimum Gasteiger partial charge on any atom is -0.236 e. The standard InChI is InChI=1S/C8H4BClN2/c9-5-1-2-6-7(3-5)11-4-12-8(6)10/h1-4H. The SMILES string of the molecule is [B]c1ccc2c(Cl)ncnc2c1. The van der Waals surface area contributed by atoms with Gasteiger partial charge in [-0.1, -0.05) is 29.2 Å². The monoisotopic (exact) mass is 174 g/mol. The van der Waals surface area contributed by atoms with Gasteiger partial charge in [0.05, 0.1) is 5.52 Å². The third-order valence-electron chi connectivity index (χ3n) is 1.61. The molecule has 12 heavy (non-hydrogen) atoms. The molecule has 1 aromatic carbocycles. The van der Waals surface area contributed by atoms with Crippen molar-refractivity contribution in [3.05, 3.63) is 29.7 Å². The van der Waals surface area contributed by atoms with Crippen LogP contribution in [0.15, 0.2) is 24.5 Å². The van der Waals surface area contributed by atoms with Crippen LogP contribution in [0.4, 0.5) is 0 Å². The van der Waals surface area contributed by atoms with Crippen LogP contribution >= 0.6 is 11.6 Å². The quantitative estimate of drug-likeness (QED) is 0.441. The molecule has 0 amide bonds. The summed E-state index contributed by atoms with van der Waals surface area (Å²) < 4.78 is 0. The van der Waals surface area contributed by atoms with Gasteiger partial charge in [0.1, 0.15) is 19.3 Å². The number of hydrogen-bond acceptors (Lipinski definition) is 2. The molecule has 0 atom stereocenters. The van der Waals surface area contributed by atoms with Gasteiger partial charge in [0.2, 0.25) is 0 Å². The summed E-state index contributed by atoms with van der Waals surface area (Å²) in [6.45, 7) is 0. The number of nitrogens with zero attached hydrogens (tertiary/aromatic N) is 2. The van der Waals surface area contributed by atoms with Crippen LogP contribution in [-0.2, 0) is 0 Å². The number of aromatic nitrogens is 2. The lowest BCUT2D eigenvalue weighted by molar-refractivity contribution is 1.22. The molecular weight excluding hydrogens is 170 g/mol. The summed E-state index contributed by atoms with van der Waals surface area (Å²) >= 11 is 5.82. The number of benzene rings is 1. The molecular formula is C8H4BClN2. The number of hydrogen-bond donors (Lipinski definition) is 0. The molecule has 0 N–H and O–H groups in total. The van der Waals surface area contributed by atoms with E-state index >= 15 is 0 Å². The van der Waals surface area contributed by atoms with Crippen LogP contribution in [-0.4, -0.2) is 17.8 Å². The Bertz CT molecular complexity index is 430. The minimum atomic E-state index is 0.458. The van der Waals surface area contributed by atoms with E-state index in [1.54, 1.807) is 12.1 Å². The van der Waals surface area contributed by atoms with Gasteiger partial charge in [-0.15, -0.1) is 0 Å². The van der Waals surface area contributed by atoms with Gasteiger partial charge in [-0.25, -0.2) is 9.97 Å². The molecule has 0 aliphatic heterocycles. The molecule has 0 aliphatic rings. The first kappa shape index (κ1) is 7.56. The Morgan fingerprint density at radius 3 is 2.92 bits per heavy atom. The van der Waals surface area contributed by atoms with Crippen LogP contribution in [0.1, 0.15) is 0 Å². The van der Waals surface area contributed by atoms with Crippen LogP contribution < -0.4 is 5.46 Å². The van der Waals surface area contributed by atoms with E-state index in [2.05, 4.69) is 9.97 Å². The molecule has 2 nitrogen and oxygen atoms in total. The predicted octanol–water partition coefficient (Wildman–Crippen LogP) is 1.08. The molecule has 56 valence electrons. The molecule has 0 fully saturated rings. The highest BCUT2D eigenvalue weighted by molar-refractivity contribution is 6.35. The first-order chi connectivity index (χ1) is 5.77. The van der Waals surface area contributed by atoms with Gasteiger partial charge in [-0.05, 0) is 6.07 Å². The summed E-state index contributed by atoms with van der Waals surface area (Å²) in [6.07, 6.45) is 1.42. The Kier molecular flexibility index (Phi) is 1.73. The highest BCUT2D eigenvalue weighted by Gasteiger charge is 1.99. The zero-order valence-electron chi connectivity index (χ0n) is 6.16. The third kappa shape index (κ3) is 1.16. The Morgan fingerprint density at radius 1 is 1.25 bits per heavy atom. The van der Waals surface area contributed by atoms with Crippen molar-refractivity contribution in [1.29, 1.82) is 0 Å². The van der Waals surface area contributed by atoms with Crippen molar-refractivity contribution in [2.75, 3.05) is 0 Å². The second kappa shape index (κ2) is 2.75. The zero-order valence-corrected chi connectivity index (χ0v) is 6.92.